The monoisotopic (exact) mass is 259 g/mol. The van der Waals surface area contributed by atoms with Crippen LogP contribution in [0.4, 0.5) is 11.6 Å². The molecule has 2 aliphatic rings. The summed E-state index contributed by atoms with van der Waals surface area (Å²) in [6.07, 6.45) is 8.59. The minimum Gasteiger partial charge on any atom is -0.383 e. The SMILES string of the molecule is N#Cc1c(NCC2CC2)nn(C2CCCCC2)c1N. The van der Waals surface area contributed by atoms with Crippen LogP contribution in [0.2, 0.25) is 0 Å². The van der Waals surface area contributed by atoms with E-state index in [1.807, 2.05) is 4.68 Å². The average Bonchev–Trinajstić information content (AvgIpc) is 3.21. The van der Waals surface area contributed by atoms with Gasteiger partial charge in [-0.2, -0.15) is 10.4 Å². The molecule has 5 nitrogen and oxygen atoms in total. The van der Waals surface area contributed by atoms with Crippen molar-refractivity contribution in [2.45, 2.75) is 51.0 Å². The van der Waals surface area contributed by atoms with Crippen LogP contribution in [0, 0.1) is 17.2 Å². The highest BCUT2D eigenvalue weighted by molar-refractivity contribution is 5.64. The summed E-state index contributed by atoms with van der Waals surface area (Å²) >= 11 is 0. The molecule has 3 N–H and O–H groups in total. The van der Waals surface area contributed by atoms with E-state index in [1.165, 1.54) is 32.1 Å². The predicted octanol–water partition coefficient (Wildman–Crippen LogP) is 2.66. The number of anilines is 2. The highest BCUT2D eigenvalue weighted by atomic mass is 15.4. The molecule has 2 fully saturated rings. The maximum atomic E-state index is 9.27. The first-order valence-electron chi connectivity index (χ1n) is 7.31. The molecule has 2 saturated carbocycles. The van der Waals surface area contributed by atoms with Crippen LogP contribution in [-0.4, -0.2) is 16.3 Å². The van der Waals surface area contributed by atoms with Crippen molar-refractivity contribution >= 4 is 11.6 Å². The summed E-state index contributed by atoms with van der Waals surface area (Å²) in [5, 5.41) is 17.1. The normalized spacial score (nSPS) is 20.2. The van der Waals surface area contributed by atoms with Gasteiger partial charge in [0.2, 0.25) is 0 Å². The molecule has 0 unspecified atom stereocenters. The van der Waals surface area contributed by atoms with Crippen LogP contribution < -0.4 is 11.1 Å². The molecule has 5 heteroatoms. The number of nitrogen functional groups attached to an aromatic ring is 1. The maximum absolute atomic E-state index is 9.27. The van der Waals surface area contributed by atoms with Gasteiger partial charge in [-0.1, -0.05) is 19.3 Å². The van der Waals surface area contributed by atoms with Crippen LogP contribution >= 0.6 is 0 Å². The molecule has 0 bridgehead atoms. The first-order valence-corrected chi connectivity index (χ1v) is 7.31. The maximum Gasteiger partial charge on any atom is 0.168 e. The van der Waals surface area contributed by atoms with Gasteiger partial charge in [-0.05, 0) is 31.6 Å². The van der Waals surface area contributed by atoms with Crippen molar-refractivity contribution in [2.75, 3.05) is 17.6 Å². The van der Waals surface area contributed by atoms with Crippen molar-refractivity contribution in [3.63, 3.8) is 0 Å². The van der Waals surface area contributed by atoms with Crippen LogP contribution in [0.1, 0.15) is 56.6 Å². The Morgan fingerprint density at radius 1 is 1.26 bits per heavy atom. The molecule has 0 aliphatic heterocycles. The smallest absolute Gasteiger partial charge is 0.168 e. The van der Waals surface area contributed by atoms with Gasteiger partial charge in [0.15, 0.2) is 5.82 Å². The summed E-state index contributed by atoms with van der Waals surface area (Å²) in [6, 6.07) is 2.57. The second-order valence-electron chi connectivity index (χ2n) is 5.78. The number of hydrogen-bond donors (Lipinski definition) is 2. The van der Waals surface area contributed by atoms with Crippen LogP contribution in [0.25, 0.3) is 0 Å². The second kappa shape index (κ2) is 5.12. The van der Waals surface area contributed by atoms with Gasteiger partial charge in [0, 0.05) is 6.54 Å². The topological polar surface area (TPSA) is 79.7 Å². The van der Waals surface area contributed by atoms with E-state index in [1.54, 1.807) is 0 Å². The van der Waals surface area contributed by atoms with E-state index in [2.05, 4.69) is 16.5 Å². The molecule has 1 aromatic heterocycles. The Labute approximate surface area is 113 Å². The molecular weight excluding hydrogens is 238 g/mol. The van der Waals surface area contributed by atoms with Crippen molar-refractivity contribution in [3.05, 3.63) is 5.56 Å². The van der Waals surface area contributed by atoms with E-state index in [-0.39, 0.29) is 0 Å². The highest BCUT2D eigenvalue weighted by Crippen LogP contribution is 2.34. The van der Waals surface area contributed by atoms with Crippen LogP contribution in [0.5, 0.6) is 0 Å². The standard InChI is InChI=1S/C14H21N5/c15-8-12-13(16)19(11-4-2-1-3-5-11)18-14(12)17-9-10-6-7-10/h10-11H,1-7,9,16H2,(H,17,18). The average molecular weight is 259 g/mol. The third-order valence-corrected chi connectivity index (χ3v) is 4.23. The molecule has 1 aromatic rings. The molecule has 19 heavy (non-hydrogen) atoms. The van der Waals surface area contributed by atoms with Crippen molar-refractivity contribution in [2.24, 2.45) is 5.92 Å². The zero-order valence-corrected chi connectivity index (χ0v) is 11.2. The number of nitrogens with zero attached hydrogens (tertiary/aromatic N) is 3. The molecule has 0 aromatic carbocycles. The van der Waals surface area contributed by atoms with Gasteiger partial charge in [0.25, 0.3) is 0 Å². The number of nitrogens with one attached hydrogen (secondary N) is 1. The quantitative estimate of drug-likeness (QED) is 0.871. The lowest BCUT2D eigenvalue weighted by molar-refractivity contribution is 0.333. The fourth-order valence-electron chi connectivity index (χ4n) is 2.85. The predicted molar refractivity (Wildman–Crippen MR) is 74.7 cm³/mol. The summed E-state index contributed by atoms with van der Waals surface area (Å²) in [5.74, 6) is 1.97. The van der Waals surface area contributed by atoms with Crippen LogP contribution in [0.15, 0.2) is 0 Å². The Morgan fingerprint density at radius 2 is 2.00 bits per heavy atom. The summed E-state index contributed by atoms with van der Waals surface area (Å²) in [5.41, 5.74) is 6.63. The van der Waals surface area contributed by atoms with E-state index in [0.717, 1.165) is 25.3 Å². The number of nitriles is 1. The highest BCUT2D eigenvalue weighted by Gasteiger charge is 2.25. The van der Waals surface area contributed by atoms with Gasteiger partial charge in [-0.15, -0.1) is 0 Å². The zero-order chi connectivity index (χ0) is 13.2. The number of hydrogen-bond acceptors (Lipinski definition) is 4. The van der Waals surface area contributed by atoms with Crippen molar-refractivity contribution in [1.29, 1.82) is 5.26 Å². The lowest BCUT2D eigenvalue weighted by Gasteiger charge is -2.22. The van der Waals surface area contributed by atoms with Gasteiger partial charge < -0.3 is 11.1 Å². The van der Waals surface area contributed by atoms with E-state index in [9.17, 15) is 5.26 Å². The molecule has 2 aliphatic carbocycles. The third kappa shape index (κ3) is 2.53. The van der Waals surface area contributed by atoms with E-state index < -0.39 is 0 Å². The number of aromatic nitrogens is 2. The van der Waals surface area contributed by atoms with Crippen molar-refractivity contribution in [3.8, 4) is 6.07 Å². The third-order valence-electron chi connectivity index (χ3n) is 4.23. The van der Waals surface area contributed by atoms with Crippen molar-refractivity contribution < 1.29 is 0 Å². The van der Waals surface area contributed by atoms with Gasteiger partial charge in [0.05, 0.1) is 6.04 Å². The van der Waals surface area contributed by atoms with Crippen LogP contribution in [-0.2, 0) is 0 Å². The summed E-state index contributed by atoms with van der Waals surface area (Å²) in [7, 11) is 0. The number of nitrogens with two attached hydrogens (primary N) is 1. The largest absolute Gasteiger partial charge is 0.383 e. The molecule has 0 atom stereocenters. The first kappa shape index (κ1) is 12.3. The minimum absolute atomic E-state index is 0.373. The Bertz CT molecular complexity index is 489. The Morgan fingerprint density at radius 3 is 2.63 bits per heavy atom. The second-order valence-corrected chi connectivity index (χ2v) is 5.78. The minimum atomic E-state index is 0.373. The molecule has 3 rings (SSSR count). The molecule has 102 valence electrons. The zero-order valence-electron chi connectivity index (χ0n) is 11.2. The Balaban J connectivity index is 1.80. The summed E-state index contributed by atoms with van der Waals surface area (Å²) in [6.45, 7) is 0.913. The van der Waals surface area contributed by atoms with E-state index in [4.69, 9.17) is 5.73 Å². The summed E-state index contributed by atoms with van der Waals surface area (Å²) < 4.78 is 1.88. The first-order chi connectivity index (χ1) is 9.29. The summed E-state index contributed by atoms with van der Waals surface area (Å²) in [4.78, 5) is 0. The fourth-order valence-corrected chi connectivity index (χ4v) is 2.85. The molecule has 0 amide bonds. The van der Waals surface area contributed by atoms with E-state index >= 15 is 0 Å². The molecular formula is C14H21N5. The molecule has 1 heterocycles. The van der Waals surface area contributed by atoms with Crippen molar-refractivity contribution in [1.82, 2.24) is 9.78 Å². The fraction of sp³-hybridized carbons (Fsp3) is 0.714. The lowest BCUT2D eigenvalue weighted by Crippen LogP contribution is -2.16. The Kier molecular flexibility index (Phi) is 3.33. The Hall–Kier alpha value is -1.70. The lowest BCUT2D eigenvalue weighted by atomic mass is 9.96. The van der Waals surface area contributed by atoms with Gasteiger partial charge in [-0.25, -0.2) is 4.68 Å². The molecule has 0 spiro atoms. The van der Waals surface area contributed by atoms with E-state index in [0.29, 0.717) is 23.2 Å². The number of rotatable bonds is 4. The van der Waals surface area contributed by atoms with Gasteiger partial charge in [-0.3, -0.25) is 0 Å². The van der Waals surface area contributed by atoms with Crippen LogP contribution in [0.3, 0.4) is 0 Å². The molecule has 0 radical (unpaired) electrons. The molecule has 0 saturated heterocycles. The van der Waals surface area contributed by atoms with Gasteiger partial charge in [0.1, 0.15) is 17.5 Å². The van der Waals surface area contributed by atoms with Gasteiger partial charge >= 0.3 is 0 Å².